The fraction of sp³-hybridized carbons (Fsp3) is 0.476. The van der Waals surface area contributed by atoms with Crippen molar-refractivity contribution < 1.29 is 13.2 Å². The van der Waals surface area contributed by atoms with Crippen molar-refractivity contribution in [3.8, 4) is 5.19 Å². The summed E-state index contributed by atoms with van der Waals surface area (Å²) in [4.78, 5) is 6.71. The molecule has 29 heavy (non-hydrogen) atoms. The third kappa shape index (κ3) is 5.45. The lowest BCUT2D eigenvalue weighted by Gasteiger charge is -2.41. The highest BCUT2D eigenvalue weighted by atomic mass is 32.2. The van der Waals surface area contributed by atoms with Gasteiger partial charge in [0, 0.05) is 49.2 Å². The molecule has 2 aromatic rings. The predicted molar refractivity (Wildman–Crippen MR) is 116 cm³/mol. The molecular weight excluding hydrogens is 406 g/mol. The van der Waals surface area contributed by atoms with Gasteiger partial charge >= 0.3 is 0 Å². The van der Waals surface area contributed by atoms with E-state index in [2.05, 4.69) is 9.88 Å². The summed E-state index contributed by atoms with van der Waals surface area (Å²) >= 11 is 1.54. The molecule has 0 saturated carbocycles. The molecule has 2 aliphatic heterocycles. The number of aromatic nitrogens is 1. The lowest BCUT2D eigenvalue weighted by atomic mass is 10.00. The second-order valence-electron chi connectivity index (χ2n) is 7.54. The van der Waals surface area contributed by atoms with Gasteiger partial charge in [0.1, 0.15) is 6.10 Å². The Labute approximate surface area is 176 Å². The summed E-state index contributed by atoms with van der Waals surface area (Å²) in [6.45, 7) is 3.17. The van der Waals surface area contributed by atoms with Gasteiger partial charge in [-0.2, -0.15) is 4.31 Å². The molecule has 0 aliphatic carbocycles. The highest BCUT2D eigenvalue weighted by Gasteiger charge is 2.32. The van der Waals surface area contributed by atoms with Crippen LogP contribution in [0.1, 0.15) is 31.2 Å². The average Bonchev–Trinajstić information content (AvgIpc) is 3.27. The van der Waals surface area contributed by atoms with Crippen LogP contribution >= 0.6 is 11.3 Å². The highest BCUT2D eigenvalue weighted by Crippen LogP contribution is 2.25. The number of ether oxygens (including phenoxy) is 1. The molecule has 1 aromatic carbocycles. The lowest BCUT2D eigenvalue weighted by Crippen LogP contribution is -2.49. The molecule has 2 aliphatic rings. The van der Waals surface area contributed by atoms with E-state index in [1.54, 1.807) is 16.6 Å². The zero-order valence-electron chi connectivity index (χ0n) is 16.4. The summed E-state index contributed by atoms with van der Waals surface area (Å²) in [6.07, 6.45) is 7.45. The fourth-order valence-electron chi connectivity index (χ4n) is 4.05. The average molecular weight is 434 g/mol. The zero-order valence-corrected chi connectivity index (χ0v) is 18.0. The van der Waals surface area contributed by atoms with Crippen molar-refractivity contribution in [2.45, 2.75) is 37.8 Å². The topological polar surface area (TPSA) is 62.7 Å². The molecule has 0 bridgehead atoms. The minimum Gasteiger partial charge on any atom is -0.467 e. The molecule has 2 saturated heterocycles. The molecule has 0 spiro atoms. The normalized spacial score (nSPS) is 21.0. The first-order valence-electron chi connectivity index (χ1n) is 10.1. The van der Waals surface area contributed by atoms with Crippen LogP contribution in [0.4, 0.5) is 0 Å². The van der Waals surface area contributed by atoms with E-state index in [1.165, 1.54) is 16.7 Å². The monoisotopic (exact) mass is 433 g/mol. The lowest BCUT2D eigenvalue weighted by molar-refractivity contribution is 0.0585. The van der Waals surface area contributed by atoms with Crippen molar-refractivity contribution in [3.63, 3.8) is 0 Å². The van der Waals surface area contributed by atoms with Crippen LogP contribution in [0.5, 0.6) is 5.19 Å². The molecule has 6 nitrogen and oxygen atoms in total. The first kappa shape index (κ1) is 20.5. The van der Waals surface area contributed by atoms with Crippen molar-refractivity contribution in [2.24, 2.45) is 0 Å². The van der Waals surface area contributed by atoms with Crippen LogP contribution in [-0.2, 0) is 10.0 Å². The summed E-state index contributed by atoms with van der Waals surface area (Å²) in [5.41, 5.74) is 0.897. The van der Waals surface area contributed by atoms with E-state index in [4.69, 9.17) is 4.74 Å². The fourth-order valence-corrected chi connectivity index (χ4v) is 5.82. The number of rotatable bonds is 6. The van der Waals surface area contributed by atoms with Crippen molar-refractivity contribution >= 4 is 27.4 Å². The molecule has 2 fully saturated rings. The second kappa shape index (κ2) is 9.38. The van der Waals surface area contributed by atoms with E-state index in [-0.39, 0.29) is 6.10 Å². The molecule has 0 atom stereocenters. The van der Waals surface area contributed by atoms with E-state index in [9.17, 15) is 8.42 Å². The first-order valence-corrected chi connectivity index (χ1v) is 12.5. The van der Waals surface area contributed by atoms with Crippen molar-refractivity contribution in [1.82, 2.24) is 14.2 Å². The van der Waals surface area contributed by atoms with Gasteiger partial charge in [0.15, 0.2) is 0 Å². The molecule has 1 aromatic heterocycles. The third-order valence-electron chi connectivity index (χ3n) is 5.69. The van der Waals surface area contributed by atoms with Gasteiger partial charge < -0.3 is 9.64 Å². The number of sulfonamides is 1. The van der Waals surface area contributed by atoms with E-state index < -0.39 is 10.0 Å². The van der Waals surface area contributed by atoms with Crippen LogP contribution in [0, 0.1) is 0 Å². The van der Waals surface area contributed by atoms with Crippen molar-refractivity contribution in [1.29, 1.82) is 0 Å². The Morgan fingerprint density at radius 3 is 2.41 bits per heavy atom. The number of likely N-dealkylation sites (tertiary alicyclic amines) is 1. The molecule has 0 N–H and O–H groups in total. The maximum Gasteiger partial charge on any atom is 0.273 e. The molecule has 0 amide bonds. The van der Waals surface area contributed by atoms with Crippen LogP contribution in [0.2, 0.25) is 0 Å². The first-order chi connectivity index (χ1) is 14.1. The Bertz CT molecular complexity index is 885. The van der Waals surface area contributed by atoms with Gasteiger partial charge in [-0.15, -0.1) is 0 Å². The molecule has 4 rings (SSSR count). The van der Waals surface area contributed by atoms with Crippen LogP contribution in [0.3, 0.4) is 0 Å². The molecular formula is C21H27N3O3S2. The zero-order chi connectivity index (χ0) is 20.1. The Balaban J connectivity index is 1.25. The summed E-state index contributed by atoms with van der Waals surface area (Å²) in [5.74, 6) is 0. The standard InChI is InChI=1S/C21H27N3O3S2/c25-29(26,17-10-18-4-2-1-3-5-18)24-14-6-19(7-15-24)23-12-8-20(9-13-23)27-21-22-11-16-28-21/h1-5,10-11,16-17,19-20H,6-9,12-15H2. The predicted octanol–water partition coefficient (Wildman–Crippen LogP) is 3.45. The Hall–Kier alpha value is -1.74. The molecule has 8 heteroatoms. The Kier molecular flexibility index (Phi) is 6.64. The van der Waals surface area contributed by atoms with Gasteiger partial charge in [0.25, 0.3) is 5.19 Å². The summed E-state index contributed by atoms with van der Waals surface area (Å²) in [7, 11) is -3.37. The van der Waals surface area contributed by atoms with Crippen LogP contribution < -0.4 is 4.74 Å². The SMILES string of the molecule is O=S(=O)(C=Cc1ccccc1)N1CCC(N2CCC(Oc3nccs3)CC2)CC1. The van der Waals surface area contributed by atoms with Gasteiger partial charge in [-0.05, 0) is 37.3 Å². The Morgan fingerprint density at radius 2 is 1.76 bits per heavy atom. The van der Waals surface area contributed by atoms with E-state index in [0.29, 0.717) is 19.1 Å². The number of piperidine rings is 2. The summed E-state index contributed by atoms with van der Waals surface area (Å²) in [5, 5.41) is 4.02. The van der Waals surface area contributed by atoms with Crippen LogP contribution in [0.25, 0.3) is 6.08 Å². The van der Waals surface area contributed by atoms with Gasteiger partial charge in [0.2, 0.25) is 10.0 Å². The van der Waals surface area contributed by atoms with Gasteiger partial charge in [-0.1, -0.05) is 41.7 Å². The van der Waals surface area contributed by atoms with E-state index in [0.717, 1.165) is 49.5 Å². The smallest absolute Gasteiger partial charge is 0.273 e. The van der Waals surface area contributed by atoms with Gasteiger partial charge in [0.05, 0.1) is 0 Å². The molecule has 0 unspecified atom stereocenters. The molecule has 0 radical (unpaired) electrons. The van der Waals surface area contributed by atoms with Gasteiger partial charge in [-0.3, -0.25) is 0 Å². The summed E-state index contributed by atoms with van der Waals surface area (Å²) < 4.78 is 32.8. The molecule has 3 heterocycles. The quantitative estimate of drug-likeness (QED) is 0.698. The van der Waals surface area contributed by atoms with Crippen LogP contribution in [0.15, 0.2) is 47.3 Å². The van der Waals surface area contributed by atoms with E-state index >= 15 is 0 Å². The number of thiazole rings is 1. The third-order valence-corrected chi connectivity index (χ3v) is 7.91. The number of benzene rings is 1. The summed E-state index contributed by atoms with van der Waals surface area (Å²) in [6, 6.07) is 10.00. The minimum absolute atomic E-state index is 0.237. The van der Waals surface area contributed by atoms with Gasteiger partial charge in [-0.25, -0.2) is 13.4 Å². The maximum absolute atomic E-state index is 12.6. The Morgan fingerprint density at radius 1 is 1.03 bits per heavy atom. The minimum atomic E-state index is -3.37. The second-order valence-corrected chi connectivity index (χ2v) is 10.2. The van der Waals surface area contributed by atoms with Crippen molar-refractivity contribution in [3.05, 3.63) is 52.9 Å². The van der Waals surface area contributed by atoms with E-state index in [1.807, 2.05) is 35.7 Å². The number of hydrogen-bond donors (Lipinski definition) is 0. The highest BCUT2D eigenvalue weighted by molar-refractivity contribution is 7.92. The van der Waals surface area contributed by atoms with Crippen LogP contribution in [-0.4, -0.2) is 60.9 Å². The number of hydrogen-bond acceptors (Lipinski definition) is 6. The largest absolute Gasteiger partial charge is 0.467 e. The van der Waals surface area contributed by atoms with Crippen molar-refractivity contribution in [2.75, 3.05) is 26.2 Å². The number of nitrogens with zero attached hydrogens (tertiary/aromatic N) is 3. The molecule has 156 valence electrons. The maximum atomic E-state index is 12.6.